The first kappa shape index (κ1) is 23.0. The van der Waals surface area contributed by atoms with Crippen LogP contribution in [0.15, 0.2) is 79.3 Å². The van der Waals surface area contributed by atoms with Gasteiger partial charge in [-0.25, -0.2) is 4.39 Å². The Kier molecular flexibility index (Phi) is 5.75. The molecule has 0 amide bonds. The molecule has 1 unspecified atom stereocenters. The summed E-state index contributed by atoms with van der Waals surface area (Å²) in [5.74, 6) is -0.335. The van der Waals surface area contributed by atoms with Gasteiger partial charge < -0.3 is 15.6 Å². The van der Waals surface area contributed by atoms with Crippen molar-refractivity contribution >= 4 is 21.8 Å². The van der Waals surface area contributed by atoms with Gasteiger partial charge in [0.1, 0.15) is 11.5 Å². The van der Waals surface area contributed by atoms with Crippen LogP contribution in [0.3, 0.4) is 0 Å². The Morgan fingerprint density at radius 1 is 0.838 bits per heavy atom. The van der Waals surface area contributed by atoms with Crippen LogP contribution in [0.2, 0.25) is 0 Å². The van der Waals surface area contributed by atoms with Crippen molar-refractivity contribution in [3.05, 3.63) is 90.6 Å². The van der Waals surface area contributed by atoms with Crippen molar-refractivity contribution in [1.82, 2.24) is 30.0 Å². The molecule has 6 aromatic rings. The summed E-state index contributed by atoms with van der Waals surface area (Å²) in [5, 5.41) is 9.62. The zero-order valence-electron chi connectivity index (χ0n) is 20.5. The number of nitrogens with one attached hydrogen (secondary N) is 2. The fraction of sp³-hybridized carbons (Fsp3) is 0.138. The summed E-state index contributed by atoms with van der Waals surface area (Å²) in [7, 11) is 3.89. The molecular formula is C29H26FN7. The molecule has 6 rings (SSSR count). The van der Waals surface area contributed by atoms with E-state index in [2.05, 4.69) is 37.3 Å². The normalized spacial score (nSPS) is 12.6. The average molecular weight is 492 g/mol. The lowest BCUT2D eigenvalue weighted by Crippen LogP contribution is -2.26. The van der Waals surface area contributed by atoms with Gasteiger partial charge in [-0.05, 0) is 85.4 Å². The second kappa shape index (κ2) is 9.24. The highest BCUT2D eigenvalue weighted by atomic mass is 19.1. The van der Waals surface area contributed by atoms with E-state index >= 15 is 0 Å². The summed E-state index contributed by atoms with van der Waals surface area (Å²) in [5.41, 5.74) is 14.1. The Bertz CT molecular complexity index is 1720. The lowest BCUT2D eigenvalue weighted by Gasteiger charge is -2.18. The number of hydrogen-bond acceptors (Lipinski definition) is 5. The molecule has 0 aliphatic rings. The number of pyridine rings is 2. The van der Waals surface area contributed by atoms with E-state index in [4.69, 9.17) is 5.73 Å². The van der Waals surface area contributed by atoms with E-state index < -0.39 is 0 Å². The highest BCUT2D eigenvalue weighted by Gasteiger charge is 2.17. The molecule has 184 valence electrons. The number of H-pyrrole nitrogens is 2. The molecule has 0 radical (unpaired) electrons. The summed E-state index contributed by atoms with van der Waals surface area (Å²) in [6, 6.07) is 18.7. The minimum atomic E-state index is -0.335. The van der Waals surface area contributed by atoms with E-state index in [0.29, 0.717) is 17.8 Å². The molecule has 0 bridgehead atoms. The predicted molar refractivity (Wildman–Crippen MR) is 145 cm³/mol. The second-order valence-electron chi connectivity index (χ2n) is 9.51. The average Bonchev–Trinajstić information content (AvgIpc) is 3.52. The summed E-state index contributed by atoms with van der Waals surface area (Å²) in [6.07, 6.45) is 5.30. The molecule has 0 saturated carbocycles. The number of aromatic nitrogens is 5. The van der Waals surface area contributed by atoms with Crippen molar-refractivity contribution in [2.75, 3.05) is 20.6 Å². The summed E-state index contributed by atoms with van der Waals surface area (Å²) in [4.78, 5) is 14.2. The Morgan fingerprint density at radius 3 is 2.46 bits per heavy atom. The largest absolute Gasteiger partial charge is 0.353 e. The maximum atomic E-state index is 14.7. The number of likely N-dealkylation sites (N-methyl/N-ethyl adjacent to an activating group) is 1. The van der Waals surface area contributed by atoms with Gasteiger partial charge in [-0.3, -0.25) is 15.1 Å². The Morgan fingerprint density at radius 2 is 1.65 bits per heavy atom. The van der Waals surface area contributed by atoms with Crippen molar-refractivity contribution in [1.29, 1.82) is 0 Å². The van der Waals surface area contributed by atoms with E-state index in [1.807, 2.05) is 55.4 Å². The molecule has 7 nitrogen and oxygen atoms in total. The molecule has 0 fully saturated rings. The number of hydrogen-bond donors (Lipinski definition) is 3. The highest BCUT2D eigenvalue weighted by Crippen LogP contribution is 2.35. The van der Waals surface area contributed by atoms with Gasteiger partial charge in [0.25, 0.3) is 0 Å². The first-order valence-electron chi connectivity index (χ1n) is 12.0. The van der Waals surface area contributed by atoms with Gasteiger partial charge >= 0.3 is 0 Å². The van der Waals surface area contributed by atoms with E-state index in [-0.39, 0.29) is 11.9 Å². The minimum absolute atomic E-state index is 0.310. The number of halogens is 1. The van der Waals surface area contributed by atoms with Crippen LogP contribution in [-0.2, 0) is 0 Å². The van der Waals surface area contributed by atoms with Gasteiger partial charge in [-0.2, -0.15) is 5.10 Å². The van der Waals surface area contributed by atoms with Crippen molar-refractivity contribution < 1.29 is 4.39 Å². The molecule has 4 N–H and O–H groups in total. The molecule has 0 saturated heterocycles. The summed E-state index contributed by atoms with van der Waals surface area (Å²) in [6.45, 7) is 0.614. The van der Waals surface area contributed by atoms with Crippen LogP contribution in [0.1, 0.15) is 11.6 Å². The minimum Gasteiger partial charge on any atom is -0.353 e. The monoisotopic (exact) mass is 491 g/mol. The Balaban J connectivity index is 1.45. The van der Waals surface area contributed by atoms with Crippen LogP contribution < -0.4 is 5.73 Å². The maximum Gasteiger partial charge on any atom is 0.124 e. The Hall–Kier alpha value is -4.40. The van der Waals surface area contributed by atoms with E-state index in [9.17, 15) is 4.39 Å². The number of nitrogens with zero attached hydrogens (tertiary/aromatic N) is 4. The zero-order chi connectivity index (χ0) is 25.5. The van der Waals surface area contributed by atoms with E-state index in [1.165, 1.54) is 12.1 Å². The third-order valence-corrected chi connectivity index (χ3v) is 6.56. The van der Waals surface area contributed by atoms with Crippen molar-refractivity contribution in [2.45, 2.75) is 6.04 Å². The fourth-order valence-electron chi connectivity index (χ4n) is 4.82. The molecule has 4 heterocycles. The zero-order valence-corrected chi connectivity index (χ0v) is 20.5. The molecule has 0 spiro atoms. The van der Waals surface area contributed by atoms with E-state index in [1.54, 1.807) is 18.6 Å². The van der Waals surface area contributed by atoms with Crippen molar-refractivity contribution in [3.63, 3.8) is 0 Å². The van der Waals surface area contributed by atoms with Gasteiger partial charge in [0.05, 0.1) is 16.9 Å². The van der Waals surface area contributed by atoms with Crippen LogP contribution in [-0.4, -0.2) is 50.7 Å². The number of benzene rings is 2. The second-order valence-corrected chi connectivity index (χ2v) is 9.51. The quantitative estimate of drug-likeness (QED) is 0.284. The SMILES string of the molecule is CN(C)CC(N)c1cc(F)cc(-c2nccc3[nH]c(-c4n[nH]c5ccc(-c6ccncc6)cc45)cc23)c1. The topological polar surface area (TPSA) is 99.5 Å². The predicted octanol–water partition coefficient (Wildman–Crippen LogP) is 5.54. The molecule has 0 aliphatic heterocycles. The lowest BCUT2D eigenvalue weighted by atomic mass is 10.00. The van der Waals surface area contributed by atoms with Crippen molar-refractivity contribution in [3.8, 4) is 33.8 Å². The van der Waals surface area contributed by atoms with Gasteiger partial charge in [0.2, 0.25) is 0 Å². The van der Waals surface area contributed by atoms with Gasteiger partial charge in [-0.15, -0.1) is 0 Å². The fourth-order valence-corrected chi connectivity index (χ4v) is 4.82. The highest BCUT2D eigenvalue weighted by molar-refractivity contribution is 6.00. The molecular weight excluding hydrogens is 465 g/mol. The van der Waals surface area contributed by atoms with Crippen LogP contribution in [0.25, 0.3) is 55.6 Å². The van der Waals surface area contributed by atoms with Crippen molar-refractivity contribution in [2.24, 2.45) is 5.73 Å². The summed E-state index contributed by atoms with van der Waals surface area (Å²) < 4.78 is 14.7. The third-order valence-electron chi connectivity index (χ3n) is 6.56. The number of aromatic amines is 2. The van der Waals surface area contributed by atoms with Crippen LogP contribution >= 0.6 is 0 Å². The molecule has 4 aromatic heterocycles. The number of rotatable bonds is 6. The third kappa shape index (κ3) is 4.37. The molecule has 0 aliphatic carbocycles. The van der Waals surface area contributed by atoms with E-state index in [0.717, 1.165) is 49.9 Å². The Labute approximate surface area is 213 Å². The first-order chi connectivity index (χ1) is 18.0. The maximum absolute atomic E-state index is 14.7. The molecule has 8 heteroatoms. The smallest absolute Gasteiger partial charge is 0.124 e. The molecule has 2 aromatic carbocycles. The van der Waals surface area contributed by atoms with Crippen LogP contribution in [0, 0.1) is 5.82 Å². The van der Waals surface area contributed by atoms with Gasteiger partial charge in [0, 0.05) is 53.0 Å². The van der Waals surface area contributed by atoms with Gasteiger partial charge in [-0.1, -0.05) is 6.07 Å². The van der Waals surface area contributed by atoms with Gasteiger partial charge in [0.15, 0.2) is 0 Å². The first-order valence-corrected chi connectivity index (χ1v) is 12.0. The van der Waals surface area contributed by atoms with Crippen LogP contribution in [0.5, 0.6) is 0 Å². The lowest BCUT2D eigenvalue weighted by molar-refractivity contribution is 0.376. The number of nitrogens with two attached hydrogens (primary N) is 1. The standard InChI is InChI=1S/C29H26FN7/c1-37(2)16-24(31)19-11-20(13-21(30)12-19)28-23-15-27(34-25(23)7-10-33-28)29-22-14-18(3-4-26(22)35-36-29)17-5-8-32-9-6-17/h3-15,24,34H,16,31H2,1-2H3,(H,35,36). The number of fused-ring (bicyclic) bond motifs is 2. The summed E-state index contributed by atoms with van der Waals surface area (Å²) >= 11 is 0. The van der Waals surface area contributed by atoms with Crippen LogP contribution in [0.4, 0.5) is 4.39 Å². The molecule has 37 heavy (non-hydrogen) atoms. The molecule has 1 atom stereocenters.